The van der Waals surface area contributed by atoms with Crippen molar-refractivity contribution in [2.75, 3.05) is 39.5 Å². The monoisotopic (exact) mass is 385 g/mol. The summed E-state index contributed by atoms with van der Waals surface area (Å²) in [6.45, 7) is 4.57. The van der Waals surface area contributed by atoms with E-state index in [-0.39, 0.29) is 24.9 Å². The lowest BCUT2D eigenvalue weighted by Crippen LogP contribution is -2.38. The van der Waals surface area contributed by atoms with Crippen molar-refractivity contribution < 1.29 is 9.59 Å². The number of hydrogen-bond donors (Lipinski definition) is 1. The molecular formula is C21H27N3O2S. The third kappa shape index (κ3) is 6.73. The smallest absolute Gasteiger partial charge is 0.238 e. The molecule has 0 spiro atoms. The molecule has 0 radical (unpaired) electrons. The van der Waals surface area contributed by atoms with Gasteiger partial charge in [-0.25, -0.2) is 0 Å². The molecule has 2 amide bonds. The van der Waals surface area contributed by atoms with E-state index in [9.17, 15) is 9.59 Å². The van der Waals surface area contributed by atoms with Gasteiger partial charge in [0.05, 0.1) is 13.1 Å². The SMILES string of the molecule is Cc1ccc(C)c(Sc2ccc(NC(=O)CN(C)CC(=O)N(C)C)cc2)c1. The molecule has 0 atom stereocenters. The fraction of sp³-hybridized carbons (Fsp3) is 0.333. The molecule has 0 aromatic heterocycles. The molecule has 0 bridgehead atoms. The molecule has 0 aliphatic heterocycles. The van der Waals surface area contributed by atoms with Crippen molar-refractivity contribution in [3.05, 3.63) is 53.6 Å². The predicted molar refractivity (Wildman–Crippen MR) is 111 cm³/mol. The topological polar surface area (TPSA) is 52.7 Å². The minimum absolute atomic E-state index is 0.0295. The Morgan fingerprint density at radius 2 is 1.63 bits per heavy atom. The van der Waals surface area contributed by atoms with Crippen molar-refractivity contribution in [3.63, 3.8) is 0 Å². The summed E-state index contributed by atoms with van der Waals surface area (Å²) in [5.41, 5.74) is 3.24. The summed E-state index contributed by atoms with van der Waals surface area (Å²) < 4.78 is 0. The number of carbonyl (C=O) groups is 2. The van der Waals surface area contributed by atoms with E-state index in [0.717, 1.165) is 10.6 Å². The van der Waals surface area contributed by atoms with Crippen LogP contribution in [-0.2, 0) is 9.59 Å². The van der Waals surface area contributed by atoms with Crippen LogP contribution in [-0.4, -0.2) is 55.8 Å². The highest BCUT2D eigenvalue weighted by molar-refractivity contribution is 7.99. The van der Waals surface area contributed by atoms with E-state index in [1.165, 1.54) is 20.9 Å². The molecule has 0 unspecified atom stereocenters. The van der Waals surface area contributed by atoms with Crippen LogP contribution in [0.25, 0.3) is 0 Å². The van der Waals surface area contributed by atoms with E-state index in [1.807, 2.05) is 24.3 Å². The van der Waals surface area contributed by atoms with Crippen molar-refractivity contribution in [3.8, 4) is 0 Å². The summed E-state index contributed by atoms with van der Waals surface area (Å²) in [6.07, 6.45) is 0. The summed E-state index contributed by atoms with van der Waals surface area (Å²) in [5, 5.41) is 2.87. The van der Waals surface area contributed by atoms with Gasteiger partial charge in [-0.15, -0.1) is 0 Å². The minimum atomic E-state index is -0.140. The number of carbonyl (C=O) groups excluding carboxylic acids is 2. The van der Waals surface area contributed by atoms with Gasteiger partial charge in [0, 0.05) is 29.6 Å². The summed E-state index contributed by atoms with van der Waals surface area (Å²) in [7, 11) is 5.16. The standard InChI is InChI=1S/C21H27N3O2S/c1-15-6-7-16(2)19(12-15)27-18-10-8-17(9-11-18)22-20(25)13-24(5)14-21(26)23(3)4/h6-12H,13-14H2,1-5H3,(H,22,25). The Hall–Kier alpha value is -2.31. The summed E-state index contributed by atoms with van der Waals surface area (Å²) in [4.78, 5) is 29.4. The van der Waals surface area contributed by atoms with Crippen LogP contribution in [0.2, 0.25) is 0 Å². The lowest BCUT2D eigenvalue weighted by Gasteiger charge is -2.18. The molecule has 1 N–H and O–H groups in total. The first kappa shape index (κ1) is 21.0. The second-order valence-electron chi connectivity index (χ2n) is 6.90. The average molecular weight is 386 g/mol. The molecule has 0 aliphatic rings. The Bertz CT molecular complexity index is 804. The van der Waals surface area contributed by atoms with Crippen molar-refractivity contribution in [2.45, 2.75) is 23.6 Å². The summed E-state index contributed by atoms with van der Waals surface area (Å²) in [5.74, 6) is -0.169. The fourth-order valence-corrected chi connectivity index (χ4v) is 3.42. The maximum absolute atomic E-state index is 12.1. The lowest BCUT2D eigenvalue weighted by atomic mass is 10.2. The number of benzene rings is 2. The molecule has 0 aliphatic carbocycles. The Morgan fingerprint density at radius 3 is 2.26 bits per heavy atom. The molecule has 6 heteroatoms. The van der Waals surface area contributed by atoms with Gasteiger partial charge in [0.2, 0.25) is 11.8 Å². The predicted octanol–water partition coefficient (Wildman–Crippen LogP) is 3.41. The van der Waals surface area contributed by atoms with Gasteiger partial charge in [0.1, 0.15) is 0 Å². The molecule has 5 nitrogen and oxygen atoms in total. The van der Waals surface area contributed by atoms with Crippen LogP contribution in [0.15, 0.2) is 52.3 Å². The molecular weight excluding hydrogens is 358 g/mol. The largest absolute Gasteiger partial charge is 0.348 e. The molecule has 2 aromatic rings. The highest BCUT2D eigenvalue weighted by Crippen LogP contribution is 2.31. The number of nitrogens with zero attached hydrogens (tertiary/aromatic N) is 2. The van der Waals surface area contributed by atoms with E-state index in [4.69, 9.17) is 0 Å². The van der Waals surface area contributed by atoms with Crippen LogP contribution >= 0.6 is 11.8 Å². The first-order valence-corrected chi connectivity index (χ1v) is 9.60. The molecule has 2 aromatic carbocycles. The number of aryl methyl sites for hydroxylation is 2. The molecule has 0 heterocycles. The van der Waals surface area contributed by atoms with Crippen LogP contribution in [0.4, 0.5) is 5.69 Å². The van der Waals surface area contributed by atoms with Gasteiger partial charge in [0.25, 0.3) is 0 Å². The Morgan fingerprint density at radius 1 is 0.963 bits per heavy atom. The van der Waals surface area contributed by atoms with E-state index in [1.54, 1.807) is 37.8 Å². The fourth-order valence-electron chi connectivity index (χ4n) is 2.42. The molecule has 0 saturated heterocycles. The molecule has 27 heavy (non-hydrogen) atoms. The average Bonchev–Trinajstić information content (AvgIpc) is 2.59. The van der Waals surface area contributed by atoms with Crippen LogP contribution in [0.1, 0.15) is 11.1 Å². The second kappa shape index (κ2) is 9.58. The van der Waals surface area contributed by atoms with Gasteiger partial charge in [-0.2, -0.15) is 0 Å². The van der Waals surface area contributed by atoms with Gasteiger partial charge < -0.3 is 10.2 Å². The van der Waals surface area contributed by atoms with Gasteiger partial charge in [-0.05, 0) is 62.4 Å². The van der Waals surface area contributed by atoms with Gasteiger partial charge >= 0.3 is 0 Å². The normalized spacial score (nSPS) is 10.7. The summed E-state index contributed by atoms with van der Waals surface area (Å²) >= 11 is 1.71. The number of nitrogens with one attached hydrogen (secondary N) is 1. The zero-order chi connectivity index (χ0) is 20.0. The van der Waals surface area contributed by atoms with Crippen molar-refractivity contribution >= 4 is 29.3 Å². The third-order valence-electron chi connectivity index (χ3n) is 4.03. The minimum Gasteiger partial charge on any atom is -0.348 e. The van der Waals surface area contributed by atoms with E-state index in [0.29, 0.717) is 0 Å². The zero-order valence-electron chi connectivity index (χ0n) is 16.6. The van der Waals surface area contributed by atoms with Crippen molar-refractivity contribution in [1.29, 1.82) is 0 Å². The Labute approximate surface area is 165 Å². The van der Waals surface area contributed by atoms with Crippen LogP contribution in [0.3, 0.4) is 0 Å². The maximum Gasteiger partial charge on any atom is 0.238 e. The number of rotatable bonds is 7. The van der Waals surface area contributed by atoms with Crippen LogP contribution < -0.4 is 5.32 Å². The molecule has 0 saturated carbocycles. The first-order valence-electron chi connectivity index (χ1n) is 8.78. The maximum atomic E-state index is 12.1. The Balaban J connectivity index is 1.90. The van der Waals surface area contributed by atoms with E-state index < -0.39 is 0 Å². The van der Waals surface area contributed by atoms with E-state index >= 15 is 0 Å². The van der Waals surface area contributed by atoms with Crippen molar-refractivity contribution in [2.24, 2.45) is 0 Å². The molecule has 0 fully saturated rings. The van der Waals surface area contributed by atoms with Gasteiger partial charge in [-0.1, -0.05) is 23.9 Å². The Kier molecular flexibility index (Phi) is 7.45. The van der Waals surface area contributed by atoms with Gasteiger partial charge in [-0.3, -0.25) is 14.5 Å². The highest BCUT2D eigenvalue weighted by Gasteiger charge is 2.12. The highest BCUT2D eigenvalue weighted by atomic mass is 32.2. The first-order chi connectivity index (χ1) is 12.7. The zero-order valence-corrected chi connectivity index (χ0v) is 17.4. The number of likely N-dealkylation sites (N-methyl/N-ethyl adjacent to an activating group) is 2. The van der Waals surface area contributed by atoms with Crippen LogP contribution in [0, 0.1) is 13.8 Å². The molecule has 2 rings (SSSR count). The van der Waals surface area contributed by atoms with Crippen LogP contribution in [0.5, 0.6) is 0 Å². The number of amides is 2. The van der Waals surface area contributed by atoms with E-state index in [2.05, 4.69) is 37.4 Å². The quantitative estimate of drug-likeness (QED) is 0.794. The van der Waals surface area contributed by atoms with Gasteiger partial charge in [0.15, 0.2) is 0 Å². The second-order valence-corrected chi connectivity index (χ2v) is 8.02. The molecule has 144 valence electrons. The summed E-state index contributed by atoms with van der Waals surface area (Å²) in [6, 6.07) is 14.2. The van der Waals surface area contributed by atoms with Crippen molar-refractivity contribution in [1.82, 2.24) is 9.80 Å². The lowest BCUT2D eigenvalue weighted by molar-refractivity contribution is -0.130. The number of hydrogen-bond acceptors (Lipinski definition) is 4. The number of anilines is 1. The third-order valence-corrected chi connectivity index (χ3v) is 5.19.